The molecular weight excluding hydrogens is 457 g/mol. The van der Waals surface area contributed by atoms with Crippen LogP contribution >= 0.6 is 22.9 Å². The maximum Gasteiger partial charge on any atom is 0.417 e. The summed E-state index contributed by atoms with van der Waals surface area (Å²) in [4.78, 5) is 40.9. The van der Waals surface area contributed by atoms with E-state index >= 15 is 0 Å². The van der Waals surface area contributed by atoms with E-state index in [2.05, 4.69) is 15.8 Å². The zero-order valence-electron chi connectivity index (χ0n) is 15.8. The fourth-order valence-electron chi connectivity index (χ4n) is 2.56. The topological polar surface area (TPSA) is 93.1 Å². The Bertz CT molecular complexity index is 1190. The highest BCUT2D eigenvalue weighted by Gasteiger charge is 2.32. The number of benzene rings is 1. The minimum absolute atomic E-state index is 0.249. The second kappa shape index (κ2) is 8.90. The zero-order valence-corrected chi connectivity index (χ0v) is 17.4. The standard InChI is InChI=1S/C19H14ClF3N4O3S/c1-10-15(31-17(24-10)11-5-3-2-4-6-11)16(29)26-25-14(28)9-27-8-12(19(21,22)23)7-13(20)18(27)30/h2-8H,9H2,1H3,(H,25,28)(H,26,29). The molecule has 0 atom stereocenters. The summed E-state index contributed by atoms with van der Waals surface area (Å²) in [5.41, 5.74) is 3.34. The first-order valence-electron chi connectivity index (χ1n) is 8.65. The highest BCUT2D eigenvalue weighted by atomic mass is 35.5. The lowest BCUT2D eigenvalue weighted by Crippen LogP contribution is -2.44. The normalized spacial score (nSPS) is 11.3. The average Bonchev–Trinajstić information content (AvgIpc) is 3.11. The lowest BCUT2D eigenvalue weighted by Gasteiger charge is -2.12. The Labute approximate surface area is 182 Å². The van der Waals surface area contributed by atoms with Crippen LogP contribution in [0.2, 0.25) is 5.02 Å². The van der Waals surface area contributed by atoms with E-state index in [9.17, 15) is 27.6 Å². The van der Waals surface area contributed by atoms with Crippen molar-refractivity contribution >= 4 is 34.8 Å². The summed E-state index contributed by atoms with van der Waals surface area (Å²) >= 11 is 6.66. The van der Waals surface area contributed by atoms with Crippen molar-refractivity contribution in [1.82, 2.24) is 20.4 Å². The van der Waals surface area contributed by atoms with Gasteiger partial charge in [0, 0.05) is 11.8 Å². The molecule has 2 N–H and O–H groups in total. The highest BCUT2D eigenvalue weighted by molar-refractivity contribution is 7.17. The van der Waals surface area contributed by atoms with Gasteiger partial charge in [-0.3, -0.25) is 25.2 Å². The van der Waals surface area contributed by atoms with Gasteiger partial charge in [0.1, 0.15) is 21.5 Å². The van der Waals surface area contributed by atoms with Gasteiger partial charge in [-0.1, -0.05) is 41.9 Å². The minimum Gasteiger partial charge on any atom is -0.304 e. The van der Waals surface area contributed by atoms with Gasteiger partial charge in [-0.15, -0.1) is 11.3 Å². The molecule has 12 heteroatoms. The molecule has 3 aromatic rings. The molecule has 2 aromatic heterocycles. The highest BCUT2D eigenvalue weighted by Crippen LogP contribution is 2.30. The molecule has 0 saturated carbocycles. The van der Waals surface area contributed by atoms with Crippen molar-refractivity contribution in [3.05, 3.63) is 74.1 Å². The van der Waals surface area contributed by atoms with E-state index in [4.69, 9.17) is 11.6 Å². The quantitative estimate of drug-likeness (QED) is 0.571. The second-order valence-corrected chi connectivity index (χ2v) is 7.72. The number of aryl methyl sites for hydroxylation is 1. The molecule has 3 rings (SSSR count). The van der Waals surface area contributed by atoms with Gasteiger partial charge in [-0.05, 0) is 13.0 Å². The maximum atomic E-state index is 12.9. The Morgan fingerprint density at radius 3 is 2.52 bits per heavy atom. The summed E-state index contributed by atoms with van der Waals surface area (Å²) in [6.07, 6.45) is -4.26. The number of carbonyl (C=O) groups excluding carboxylic acids is 2. The van der Waals surface area contributed by atoms with Gasteiger partial charge in [0.25, 0.3) is 17.4 Å². The summed E-state index contributed by atoms with van der Waals surface area (Å²) in [7, 11) is 0. The molecule has 0 saturated heterocycles. The lowest BCUT2D eigenvalue weighted by atomic mass is 10.2. The Hall–Kier alpha value is -3.18. The lowest BCUT2D eigenvalue weighted by molar-refractivity contribution is -0.138. The smallest absolute Gasteiger partial charge is 0.304 e. The van der Waals surface area contributed by atoms with Gasteiger partial charge in [-0.25, -0.2) is 4.98 Å². The van der Waals surface area contributed by atoms with Crippen LogP contribution in [-0.2, 0) is 17.5 Å². The van der Waals surface area contributed by atoms with Crippen molar-refractivity contribution in [2.45, 2.75) is 19.6 Å². The van der Waals surface area contributed by atoms with E-state index in [1.54, 1.807) is 6.92 Å². The Morgan fingerprint density at radius 2 is 1.87 bits per heavy atom. The average molecular weight is 471 g/mol. The predicted molar refractivity (Wildman–Crippen MR) is 109 cm³/mol. The van der Waals surface area contributed by atoms with E-state index < -0.39 is 40.7 Å². The first-order chi connectivity index (χ1) is 14.6. The van der Waals surface area contributed by atoms with Gasteiger partial charge in [0.15, 0.2) is 0 Å². The van der Waals surface area contributed by atoms with Crippen molar-refractivity contribution in [3.8, 4) is 10.6 Å². The van der Waals surface area contributed by atoms with Crippen LogP contribution in [0.4, 0.5) is 13.2 Å². The number of thiazole rings is 1. The number of pyridine rings is 1. The van der Waals surface area contributed by atoms with Crippen LogP contribution in [0.1, 0.15) is 20.9 Å². The maximum absolute atomic E-state index is 12.9. The number of nitrogens with zero attached hydrogens (tertiary/aromatic N) is 2. The second-order valence-electron chi connectivity index (χ2n) is 6.31. The molecule has 0 unspecified atom stereocenters. The fraction of sp³-hybridized carbons (Fsp3) is 0.158. The molecule has 2 heterocycles. The van der Waals surface area contributed by atoms with Gasteiger partial charge in [0.05, 0.1) is 11.3 Å². The number of carbonyl (C=O) groups is 2. The zero-order chi connectivity index (χ0) is 22.8. The van der Waals surface area contributed by atoms with Crippen LogP contribution in [0.15, 0.2) is 47.4 Å². The molecule has 0 fully saturated rings. The first kappa shape index (κ1) is 22.5. The summed E-state index contributed by atoms with van der Waals surface area (Å²) in [6, 6.07) is 9.65. The van der Waals surface area contributed by atoms with Crippen molar-refractivity contribution in [3.63, 3.8) is 0 Å². The van der Waals surface area contributed by atoms with E-state index in [1.165, 1.54) is 0 Å². The number of aromatic nitrogens is 2. The Morgan fingerprint density at radius 1 is 1.19 bits per heavy atom. The van der Waals surface area contributed by atoms with E-state index in [0.29, 0.717) is 27.5 Å². The third-order valence-electron chi connectivity index (χ3n) is 4.02. The SMILES string of the molecule is Cc1nc(-c2ccccc2)sc1C(=O)NNC(=O)Cn1cc(C(F)(F)F)cc(Cl)c1=O. The molecular formula is C19H14ClF3N4O3S. The molecule has 0 aliphatic rings. The van der Waals surface area contributed by atoms with Gasteiger partial charge in [-0.2, -0.15) is 13.2 Å². The Balaban J connectivity index is 1.68. The largest absolute Gasteiger partial charge is 0.417 e. The van der Waals surface area contributed by atoms with E-state index in [1.807, 2.05) is 30.3 Å². The van der Waals surface area contributed by atoms with Crippen LogP contribution in [0.25, 0.3) is 10.6 Å². The van der Waals surface area contributed by atoms with Crippen molar-refractivity contribution in [2.24, 2.45) is 0 Å². The minimum atomic E-state index is -4.75. The number of rotatable bonds is 4. The first-order valence-corrected chi connectivity index (χ1v) is 9.85. The third-order valence-corrected chi connectivity index (χ3v) is 5.50. The van der Waals surface area contributed by atoms with Gasteiger partial charge >= 0.3 is 6.18 Å². The number of hydrazine groups is 1. The third kappa shape index (κ3) is 5.30. The van der Waals surface area contributed by atoms with Crippen LogP contribution in [0, 0.1) is 6.92 Å². The van der Waals surface area contributed by atoms with Gasteiger partial charge < -0.3 is 4.57 Å². The molecule has 0 aliphatic carbocycles. The number of amides is 2. The van der Waals surface area contributed by atoms with Crippen molar-refractivity contribution in [1.29, 1.82) is 0 Å². The molecule has 0 bridgehead atoms. The summed E-state index contributed by atoms with van der Waals surface area (Å²) in [5, 5.41) is -0.0693. The van der Waals surface area contributed by atoms with Crippen molar-refractivity contribution in [2.75, 3.05) is 0 Å². The molecule has 7 nitrogen and oxygen atoms in total. The Kier molecular flexibility index (Phi) is 6.46. The monoisotopic (exact) mass is 470 g/mol. The fourth-order valence-corrected chi connectivity index (χ4v) is 3.75. The molecule has 162 valence electrons. The summed E-state index contributed by atoms with van der Waals surface area (Å²) in [6.45, 7) is 0.851. The van der Waals surface area contributed by atoms with Crippen LogP contribution < -0.4 is 16.4 Å². The van der Waals surface area contributed by atoms with E-state index in [-0.39, 0.29) is 4.88 Å². The number of nitrogens with one attached hydrogen (secondary N) is 2. The molecule has 0 radical (unpaired) electrons. The number of alkyl halides is 3. The summed E-state index contributed by atoms with van der Waals surface area (Å²) < 4.78 is 39.2. The van der Waals surface area contributed by atoms with Crippen molar-refractivity contribution < 1.29 is 22.8 Å². The molecule has 0 aliphatic heterocycles. The predicted octanol–water partition coefficient (Wildman–Crippen LogP) is 3.41. The molecule has 2 amide bonds. The number of hydrogen-bond donors (Lipinski definition) is 2. The molecule has 31 heavy (non-hydrogen) atoms. The van der Waals surface area contributed by atoms with Crippen LogP contribution in [0.5, 0.6) is 0 Å². The molecule has 0 spiro atoms. The van der Waals surface area contributed by atoms with Crippen LogP contribution in [-0.4, -0.2) is 21.4 Å². The van der Waals surface area contributed by atoms with E-state index in [0.717, 1.165) is 16.9 Å². The number of hydrogen-bond acceptors (Lipinski definition) is 5. The molecule has 1 aromatic carbocycles. The summed E-state index contributed by atoms with van der Waals surface area (Å²) in [5.74, 6) is -1.57. The van der Waals surface area contributed by atoms with Crippen LogP contribution in [0.3, 0.4) is 0 Å². The van der Waals surface area contributed by atoms with Gasteiger partial charge in [0.2, 0.25) is 0 Å². The number of halogens is 4.